The van der Waals surface area contributed by atoms with Crippen LogP contribution in [0.2, 0.25) is 0 Å². The zero-order chi connectivity index (χ0) is 34.7. The first-order chi connectivity index (χ1) is 23.0. The highest BCUT2D eigenvalue weighted by Crippen LogP contribution is 2.32. The molecular weight excluding hydrogens is 612 g/mol. The zero-order valence-corrected chi connectivity index (χ0v) is 29.3. The van der Waals surface area contributed by atoms with E-state index in [1.165, 1.54) is 0 Å². The highest BCUT2D eigenvalue weighted by molar-refractivity contribution is 5.95. The highest BCUT2D eigenvalue weighted by atomic mass is 16.6. The van der Waals surface area contributed by atoms with Gasteiger partial charge in [0.05, 0.1) is 26.4 Å². The van der Waals surface area contributed by atoms with Crippen LogP contribution in [0.1, 0.15) is 57.8 Å². The molecule has 10 nitrogen and oxygen atoms in total. The Labute approximate surface area is 284 Å². The molecule has 0 bridgehead atoms. The molecule has 1 aliphatic heterocycles. The molecule has 3 aromatic carbocycles. The molecule has 10 heteroatoms. The van der Waals surface area contributed by atoms with Gasteiger partial charge in [-0.05, 0) is 83.5 Å². The number of ether oxygens (including phenoxy) is 6. The maximum Gasteiger partial charge on any atom is 0.410 e. The van der Waals surface area contributed by atoms with Crippen LogP contribution in [-0.2, 0) is 9.47 Å². The Kier molecular flexibility index (Phi) is 13.0. The van der Waals surface area contributed by atoms with Gasteiger partial charge in [0.2, 0.25) is 0 Å². The Morgan fingerprint density at radius 3 is 2.27 bits per heavy atom. The second-order valence-electron chi connectivity index (χ2n) is 13.2. The van der Waals surface area contributed by atoms with Crippen LogP contribution in [0.4, 0.5) is 4.79 Å². The summed E-state index contributed by atoms with van der Waals surface area (Å²) >= 11 is 0. The number of benzene rings is 3. The van der Waals surface area contributed by atoms with Crippen molar-refractivity contribution in [3.05, 3.63) is 78.4 Å². The molecule has 260 valence electrons. The summed E-state index contributed by atoms with van der Waals surface area (Å²) in [6.07, 6.45) is 0.925. The minimum absolute atomic E-state index is 0.0698. The minimum Gasteiger partial charge on any atom is -0.493 e. The first kappa shape index (κ1) is 36.4. The van der Waals surface area contributed by atoms with Crippen molar-refractivity contribution in [1.82, 2.24) is 9.80 Å². The summed E-state index contributed by atoms with van der Waals surface area (Å²) < 4.78 is 34.6. The molecule has 1 unspecified atom stereocenters. The fourth-order valence-corrected chi connectivity index (χ4v) is 5.72. The van der Waals surface area contributed by atoms with Crippen molar-refractivity contribution in [1.29, 1.82) is 0 Å². The molecule has 1 aliphatic rings. The smallest absolute Gasteiger partial charge is 0.410 e. The van der Waals surface area contributed by atoms with E-state index in [-0.39, 0.29) is 23.9 Å². The van der Waals surface area contributed by atoms with Gasteiger partial charge in [0, 0.05) is 56.8 Å². The second-order valence-corrected chi connectivity index (χ2v) is 13.2. The molecule has 2 atom stereocenters. The molecule has 0 radical (unpaired) electrons. The number of hydrogen-bond donors (Lipinski definition) is 0. The quantitative estimate of drug-likeness (QED) is 0.164. The lowest BCUT2D eigenvalue weighted by Gasteiger charge is -2.44. The number of piperidine rings is 1. The average Bonchev–Trinajstić information content (AvgIpc) is 3.05. The van der Waals surface area contributed by atoms with Crippen LogP contribution in [0.3, 0.4) is 0 Å². The monoisotopic (exact) mass is 662 g/mol. The van der Waals surface area contributed by atoms with Crippen molar-refractivity contribution in [2.24, 2.45) is 5.92 Å². The van der Waals surface area contributed by atoms with Crippen LogP contribution in [0.25, 0.3) is 0 Å². The molecule has 0 aromatic heterocycles. The molecule has 1 heterocycles. The van der Waals surface area contributed by atoms with Gasteiger partial charge < -0.3 is 38.2 Å². The predicted molar refractivity (Wildman–Crippen MR) is 184 cm³/mol. The van der Waals surface area contributed by atoms with Gasteiger partial charge in [0.15, 0.2) is 11.5 Å². The van der Waals surface area contributed by atoms with Crippen molar-refractivity contribution in [2.45, 2.75) is 65.1 Å². The lowest BCUT2D eigenvalue weighted by molar-refractivity contribution is -0.00552. The van der Waals surface area contributed by atoms with Gasteiger partial charge in [-0.1, -0.05) is 24.3 Å². The summed E-state index contributed by atoms with van der Waals surface area (Å²) in [6, 6.07) is 21.8. The number of hydrogen-bond acceptors (Lipinski definition) is 8. The number of carbonyl (C=O) groups is 2. The van der Waals surface area contributed by atoms with Crippen molar-refractivity contribution < 1.29 is 38.0 Å². The Hall–Kier alpha value is -4.44. The second kappa shape index (κ2) is 17.1. The largest absolute Gasteiger partial charge is 0.493 e. The molecule has 2 amide bonds. The molecular formula is C38H50N2O8. The Morgan fingerprint density at radius 2 is 1.58 bits per heavy atom. The molecule has 1 fully saturated rings. The fraction of sp³-hybridized carbons (Fsp3) is 0.474. The first-order valence-corrected chi connectivity index (χ1v) is 16.5. The maximum absolute atomic E-state index is 14.2. The normalized spacial score (nSPS) is 16.3. The van der Waals surface area contributed by atoms with Crippen molar-refractivity contribution in [3.63, 3.8) is 0 Å². The van der Waals surface area contributed by atoms with Crippen molar-refractivity contribution >= 4 is 12.0 Å². The van der Waals surface area contributed by atoms with E-state index in [0.29, 0.717) is 74.3 Å². The van der Waals surface area contributed by atoms with Crippen molar-refractivity contribution in [2.75, 3.05) is 47.1 Å². The lowest BCUT2D eigenvalue weighted by Crippen LogP contribution is -2.57. The van der Waals surface area contributed by atoms with Gasteiger partial charge in [-0.15, -0.1) is 0 Å². The number of para-hydroxylation sites is 1. The topological polar surface area (TPSA) is 96.0 Å². The van der Waals surface area contributed by atoms with Crippen LogP contribution in [-0.4, -0.2) is 86.6 Å². The molecule has 0 saturated carbocycles. The number of carbonyl (C=O) groups excluding carboxylic acids is 2. The molecule has 4 rings (SSSR count). The molecule has 48 heavy (non-hydrogen) atoms. The molecule has 0 N–H and O–H groups in total. The van der Waals surface area contributed by atoms with Gasteiger partial charge in [-0.3, -0.25) is 4.79 Å². The first-order valence-electron chi connectivity index (χ1n) is 16.5. The van der Waals surface area contributed by atoms with E-state index in [1.807, 2.05) is 94.1 Å². The third kappa shape index (κ3) is 10.5. The van der Waals surface area contributed by atoms with E-state index in [4.69, 9.17) is 28.4 Å². The Bertz CT molecular complexity index is 1470. The van der Waals surface area contributed by atoms with E-state index in [1.54, 1.807) is 37.3 Å². The van der Waals surface area contributed by atoms with Crippen LogP contribution >= 0.6 is 0 Å². The Morgan fingerprint density at radius 1 is 0.854 bits per heavy atom. The molecule has 1 saturated heterocycles. The number of nitrogens with zero attached hydrogens (tertiary/aromatic N) is 2. The van der Waals surface area contributed by atoms with E-state index in [0.717, 1.165) is 5.75 Å². The number of rotatable bonds is 14. The lowest BCUT2D eigenvalue weighted by atomic mass is 9.92. The highest BCUT2D eigenvalue weighted by Gasteiger charge is 2.38. The van der Waals surface area contributed by atoms with Gasteiger partial charge in [0.1, 0.15) is 22.8 Å². The summed E-state index contributed by atoms with van der Waals surface area (Å²) in [4.78, 5) is 31.2. The summed E-state index contributed by atoms with van der Waals surface area (Å²) in [5.41, 5.74) is -0.186. The summed E-state index contributed by atoms with van der Waals surface area (Å²) in [5.74, 6) is 2.86. The molecule has 0 aliphatic carbocycles. The van der Waals surface area contributed by atoms with Gasteiger partial charge in [-0.25, -0.2) is 4.79 Å². The van der Waals surface area contributed by atoms with E-state index < -0.39 is 11.7 Å². The summed E-state index contributed by atoms with van der Waals surface area (Å²) in [7, 11) is 3.22. The summed E-state index contributed by atoms with van der Waals surface area (Å²) in [6.45, 7) is 11.6. The zero-order valence-electron chi connectivity index (χ0n) is 29.3. The van der Waals surface area contributed by atoms with E-state index in [9.17, 15) is 9.59 Å². The van der Waals surface area contributed by atoms with Gasteiger partial charge in [-0.2, -0.15) is 0 Å². The van der Waals surface area contributed by atoms with Gasteiger partial charge in [0.25, 0.3) is 5.91 Å². The SMILES string of the molecule is COCCCOc1cc(C(=O)N(C(C)C)C2C[C@H](COc3cccc(Oc4ccccc4)c3)CN(C(=O)OC(C)(C)C)C2)ccc1OC. The average molecular weight is 663 g/mol. The van der Waals surface area contributed by atoms with Crippen LogP contribution in [0, 0.1) is 5.92 Å². The minimum atomic E-state index is -0.661. The van der Waals surface area contributed by atoms with E-state index in [2.05, 4.69) is 0 Å². The third-order valence-corrected chi connectivity index (χ3v) is 7.78. The molecule has 3 aromatic rings. The van der Waals surface area contributed by atoms with Crippen LogP contribution < -0.4 is 18.9 Å². The fourth-order valence-electron chi connectivity index (χ4n) is 5.72. The Balaban J connectivity index is 1.54. The van der Waals surface area contributed by atoms with Crippen molar-refractivity contribution in [3.8, 4) is 28.7 Å². The molecule has 0 spiro atoms. The third-order valence-electron chi connectivity index (χ3n) is 7.78. The number of likely N-dealkylation sites (tertiary alicyclic amines) is 1. The summed E-state index contributed by atoms with van der Waals surface area (Å²) in [5, 5.41) is 0. The number of methoxy groups -OCH3 is 2. The van der Waals surface area contributed by atoms with Gasteiger partial charge >= 0.3 is 6.09 Å². The maximum atomic E-state index is 14.2. The van der Waals surface area contributed by atoms with Crippen LogP contribution in [0.5, 0.6) is 28.7 Å². The standard InChI is InChI=1S/C38H50N2O8/c1-27(2)40(36(41)29-17-18-34(44-7)35(22-29)45-20-12-19-43-6)30-21-28(24-39(25-30)37(42)48-38(3,4)5)26-46-32-15-11-16-33(23-32)47-31-13-9-8-10-14-31/h8-11,13-18,22-23,27-28,30H,12,19-21,24-26H2,1-7H3/t28-,30?/m0/s1. The predicted octanol–water partition coefficient (Wildman–Crippen LogP) is 7.46. The number of amides is 2. The van der Waals surface area contributed by atoms with E-state index >= 15 is 0 Å². The van der Waals surface area contributed by atoms with Crippen LogP contribution in [0.15, 0.2) is 72.8 Å².